The fourth-order valence-corrected chi connectivity index (χ4v) is 5.21. The van der Waals surface area contributed by atoms with Crippen molar-refractivity contribution in [1.82, 2.24) is 20.4 Å². The molecule has 3 amide bonds. The van der Waals surface area contributed by atoms with Gasteiger partial charge in [-0.2, -0.15) is 0 Å². The summed E-state index contributed by atoms with van der Waals surface area (Å²) in [6.07, 6.45) is 2.24. The first-order valence-corrected chi connectivity index (χ1v) is 15.0. The molecule has 1 saturated carbocycles. The average Bonchev–Trinajstić information content (AvgIpc) is 3.72. The van der Waals surface area contributed by atoms with Gasteiger partial charge in [0.15, 0.2) is 11.5 Å². The average molecular weight is 591 g/mol. The SMILES string of the molecule is CNC(=O)C(C)(C)COC(=O)N(C[C@@H]1CNC[C@H]1CN(C(=O)c1ccc(OC)c(OCCCOC)c1)C(C)C)C1CC1. The minimum Gasteiger partial charge on any atom is -0.493 e. The number of rotatable bonds is 16. The zero-order valence-corrected chi connectivity index (χ0v) is 26.4. The molecule has 0 radical (unpaired) electrons. The van der Waals surface area contributed by atoms with Crippen LogP contribution in [0.4, 0.5) is 4.79 Å². The zero-order valence-electron chi connectivity index (χ0n) is 26.4. The Morgan fingerprint density at radius 3 is 2.33 bits per heavy atom. The van der Waals surface area contributed by atoms with Crippen molar-refractivity contribution in [3.63, 3.8) is 0 Å². The molecule has 1 saturated heterocycles. The Hall–Kier alpha value is -3.05. The van der Waals surface area contributed by atoms with Crippen LogP contribution in [0.5, 0.6) is 11.5 Å². The fourth-order valence-electron chi connectivity index (χ4n) is 5.21. The number of carbonyl (C=O) groups is 3. The Bertz CT molecular complexity index is 1060. The Morgan fingerprint density at radius 1 is 1.05 bits per heavy atom. The summed E-state index contributed by atoms with van der Waals surface area (Å²) in [4.78, 5) is 42.8. The second kappa shape index (κ2) is 15.4. The number of methoxy groups -OCH3 is 2. The maximum Gasteiger partial charge on any atom is 0.410 e. The standard InChI is InChI=1S/C31H50N4O7/c1-21(2)34(28(36)22-9-12-26(40-7)27(15-22)41-14-8-13-39-6)18-23-16-33-17-24(23)19-35(25-10-11-25)30(38)42-20-31(3,4)29(37)32-5/h9,12,15,21,23-25,33H,8,10-11,13-14,16-20H2,1-7H3,(H,32,37)/t23-,24-/m0/s1. The molecule has 1 aromatic rings. The van der Waals surface area contributed by atoms with E-state index >= 15 is 0 Å². The van der Waals surface area contributed by atoms with Crippen molar-refractivity contribution in [2.75, 3.05) is 67.3 Å². The molecule has 0 bridgehead atoms. The van der Waals surface area contributed by atoms with Gasteiger partial charge in [0.1, 0.15) is 6.61 Å². The molecule has 1 heterocycles. The van der Waals surface area contributed by atoms with E-state index in [0.717, 1.165) is 32.4 Å². The number of benzene rings is 1. The van der Waals surface area contributed by atoms with Gasteiger partial charge in [-0.1, -0.05) is 0 Å². The molecule has 0 aromatic heterocycles. The van der Waals surface area contributed by atoms with Crippen molar-refractivity contribution < 1.29 is 33.3 Å². The molecule has 3 rings (SSSR count). The number of hydrogen-bond acceptors (Lipinski definition) is 8. The van der Waals surface area contributed by atoms with Crippen LogP contribution in [0.3, 0.4) is 0 Å². The fraction of sp³-hybridized carbons (Fsp3) is 0.710. The molecular weight excluding hydrogens is 540 g/mol. The van der Waals surface area contributed by atoms with Gasteiger partial charge in [-0.15, -0.1) is 0 Å². The molecule has 2 N–H and O–H groups in total. The van der Waals surface area contributed by atoms with E-state index in [1.54, 1.807) is 53.3 Å². The van der Waals surface area contributed by atoms with Gasteiger partial charge in [-0.3, -0.25) is 9.59 Å². The summed E-state index contributed by atoms with van der Waals surface area (Å²) in [5.41, 5.74) is -0.276. The number of amides is 3. The smallest absolute Gasteiger partial charge is 0.410 e. The van der Waals surface area contributed by atoms with E-state index in [1.807, 2.05) is 23.6 Å². The second-order valence-corrected chi connectivity index (χ2v) is 12.2. The molecule has 0 spiro atoms. The van der Waals surface area contributed by atoms with Crippen LogP contribution in [0.25, 0.3) is 0 Å². The van der Waals surface area contributed by atoms with Gasteiger partial charge in [0.2, 0.25) is 5.91 Å². The molecule has 11 heteroatoms. The Kier molecular flexibility index (Phi) is 12.3. The summed E-state index contributed by atoms with van der Waals surface area (Å²) in [6.45, 7) is 11.2. The van der Waals surface area contributed by atoms with E-state index in [9.17, 15) is 14.4 Å². The molecular formula is C31H50N4O7. The summed E-state index contributed by atoms with van der Waals surface area (Å²) in [5.74, 6) is 1.18. The highest BCUT2D eigenvalue weighted by Crippen LogP contribution is 2.32. The van der Waals surface area contributed by atoms with Gasteiger partial charge in [0.25, 0.3) is 5.91 Å². The topological polar surface area (TPSA) is 119 Å². The number of hydrogen-bond donors (Lipinski definition) is 2. The third-order valence-corrected chi connectivity index (χ3v) is 8.01. The van der Waals surface area contributed by atoms with Crippen LogP contribution in [0.1, 0.15) is 57.3 Å². The van der Waals surface area contributed by atoms with Crippen LogP contribution in [0, 0.1) is 17.3 Å². The molecule has 2 atom stereocenters. The highest BCUT2D eigenvalue weighted by molar-refractivity contribution is 5.95. The first-order valence-electron chi connectivity index (χ1n) is 15.0. The van der Waals surface area contributed by atoms with Crippen LogP contribution < -0.4 is 20.1 Å². The minimum absolute atomic E-state index is 0.0106. The Labute approximate surface area is 250 Å². The Balaban J connectivity index is 1.68. The number of carbonyl (C=O) groups excluding carboxylic acids is 3. The number of nitrogens with one attached hydrogen (secondary N) is 2. The molecule has 11 nitrogen and oxygen atoms in total. The third kappa shape index (κ3) is 8.97. The quantitative estimate of drug-likeness (QED) is 0.282. The summed E-state index contributed by atoms with van der Waals surface area (Å²) < 4.78 is 22.1. The molecule has 42 heavy (non-hydrogen) atoms. The first-order chi connectivity index (χ1) is 20.0. The normalized spacial score (nSPS) is 18.5. The van der Waals surface area contributed by atoms with Gasteiger partial charge in [0.05, 0.1) is 19.1 Å². The largest absolute Gasteiger partial charge is 0.493 e. The van der Waals surface area contributed by atoms with Crippen molar-refractivity contribution >= 4 is 17.9 Å². The second-order valence-electron chi connectivity index (χ2n) is 12.2. The van der Waals surface area contributed by atoms with Gasteiger partial charge in [-0.25, -0.2) is 4.79 Å². The summed E-state index contributed by atoms with van der Waals surface area (Å²) >= 11 is 0. The van der Waals surface area contributed by atoms with Gasteiger partial charge in [0, 0.05) is 71.0 Å². The van der Waals surface area contributed by atoms with Crippen molar-refractivity contribution in [2.24, 2.45) is 17.3 Å². The predicted octanol–water partition coefficient (Wildman–Crippen LogP) is 3.17. The summed E-state index contributed by atoms with van der Waals surface area (Å²) in [6, 6.07) is 5.42. The van der Waals surface area contributed by atoms with Crippen LogP contribution in [0.2, 0.25) is 0 Å². The van der Waals surface area contributed by atoms with Crippen LogP contribution in [-0.4, -0.2) is 107 Å². The third-order valence-electron chi connectivity index (χ3n) is 8.01. The maximum absolute atomic E-state index is 13.8. The molecule has 1 aliphatic heterocycles. The lowest BCUT2D eigenvalue weighted by Gasteiger charge is -2.33. The molecule has 2 fully saturated rings. The number of ether oxygens (including phenoxy) is 4. The maximum atomic E-state index is 13.8. The molecule has 236 valence electrons. The van der Waals surface area contributed by atoms with E-state index in [4.69, 9.17) is 18.9 Å². The molecule has 2 aliphatic rings. The molecule has 0 unspecified atom stereocenters. The van der Waals surface area contributed by atoms with Gasteiger partial charge in [-0.05, 0) is 70.6 Å². The van der Waals surface area contributed by atoms with Crippen molar-refractivity contribution in [1.29, 1.82) is 0 Å². The monoisotopic (exact) mass is 590 g/mol. The van der Waals surface area contributed by atoms with Crippen molar-refractivity contribution in [3.8, 4) is 11.5 Å². The lowest BCUT2D eigenvalue weighted by molar-refractivity contribution is -0.130. The lowest BCUT2D eigenvalue weighted by Crippen LogP contribution is -2.46. The zero-order chi connectivity index (χ0) is 30.9. The van der Waals surface area contributed by atoms with Gasteiger partial charge >= 0.3 is 6.09 Å². The Morgan fingerprint density at radius 2 is 1.74 bits per heavy atom. The van der Waals surface area contributed by atoms with E-state index in [0.29, 0.717) is 43.4 Å². The molecule has 1 aliphatic carbocycles. The van der Waals surface area contributed by atoms with E-state index < -0.39 is 5.41 Å². The number of nitrogens with zero attached hydrogens (tertiary/aromatic N) is 2. The van der Waals surface area contributed by atoms with E-state index in [1.165, 1.54) is 0 Å². The van der Waals surface area contributed by atoms with Crippen LogP contribution >= 0.6 is 0 Å². The first kappa shape index (κ1) is 33.5. The van der Waals surface area contributed by atoms with Crippen molar-refractivity contribution in [3.05, 3.63) is 23.8 Å². The summed E-state index contributed by atoms with van der Waals surface area (Å²) in [5, 5.41) is 6.10. The summed E-state index contributed by atoms with van der Waals surface area (Å²) in [7, 11) is 4.80. The van der Waals surface area contributed by atoms with Crippen molar-refractivity contribution in [2.45, 2.75) is 59.0 Å². The van der Waals surface area contributed by atoms with Crippen LogP contribution in [-0.2, 0) is 14.3 Å². The lowest BCUT2D eigenvalue weighted by atomic mass is 9.93. The molecule has 1 aromatic carbocycles. The van der Waals surface area contributed by atoms with E-state index in [-0.39, 0.29) is 48.4 Å². The van der Waals surface area contributed by atoms with Crippen LogP contribution in [0.15, 0.2) is 18.2 Å². The van der Waals surface area contributed by atoms with Gasteiger partial charge < -0.3 is 39.4 Å². The van der Waals surface area contributed by atoms with E-state index in [2.05, 4.69) is 10.6 Å². The highest BCUT2D eigenvalue weighted by Gasteiger charge is 2.40. The minimum atomic E-state index is -0.814. The highest BCUT2D eigenvalue weighted by atomic mass is 16.6. The predicted molar refractivity (Wildman–Crippen MR) is 160 cm³/mol.